The minimum absolute atomic E-state index is 0.0793. The summed E-state index contributed by atoms with van der Waals surface area (Å²) in [7, 11) is 0. The van der Waals surface area contributed by atoms with Crippen LogP contribution >= 0.6 is 66.1 Å². The number of hydrogen-bond acceptors (Lipinski definition) is 2. The fraction of sp³-hybridized carbons (Fsp3) is 0.0769. The van der Waals surface area contributed by atoms with Crippen molar-refractivity contribution in [3.63, 3.8) is 0 Å². The Morgan fingerprint density at radius 1 is 1.11 bits per heavy atom. The molecule has 0 saturated heterocycles. The quantitative estimate of drug-likeness (QED) is 0.398. The normalized spacial score (nSPS) is 13.1. The highest BCUT2D eigenvalue weighted by molar-refractivity contribution is 9.11. The molecule has 0 N–H and O–H groups in total. The van der Waals surface area contributed by atoms with Gasteiger partial charge in [0.05, 0.1) is 9.16 Å². The van der Waals surface area contributed by atoms with Gasteiger partial charge in [0.2, 0.25) is 0 Å². The summed E-state index contributed by atoms with van der Waals surface area (Å²) in [5.41, 5.74) is 1.19. The van der Waals surface area contributed by atoms with Gasteiger partial charge in [-0.3, -0.25) is 0 Å². The lowest BCUT2D eigenvalue weighted by atomic mass is 10.1. The SMILES string of the molecule is ClC(c1ccc(Br)s1)c1csc2c(Br)cccc12. The fourth-order valence-electron chi connectivity index (χ4n) is 1.86. The van der Waals surface area contributed by atoms with Crippen LogP contribution in [0.3, 0.4) is 0 Å². The molecule has 18 heavy (non-hydrogen) atoms. The molecule has 3 rings (SSSR count). The predicted molar refractivity (Wildman–Crippen MR) is 89.2 cm³/mol. The van der Waals surface area contributed by atoms with Gasteiger partial charge in [0.15, 0.2) is 0 Å². The molecule has 1 aromatic carbocycles. The van der Waals surface area contributed by atoms with Gasteiger partial charge in [-0.2, -0.15) is 0 Å². The molecule has 0 amide bonds. The van der Waals surface area contributed by atoms with Gasteiger partial charge in [0.1, 0.15) is 0 Å². The van der Waals surface area contributed by atoms with Gasteiger partial charge in [-0.25, -0.2) is 0 Å². The third-order valence-electron chi connectivity index (χ3n) is 2.70. The van der Waals surface area contributed by atoms with Crippen molar-refractivity contribution >= 4 is 76.2 Å². The molecule has 2 heterocycles. The molecule has 3 aromatic rings. The highest BCUT2D eigenvalue weighted by Crippen LogP contribution is 2.42. The number of benzene rings is 1. The van der Waals surface area contributed by atoms with E-state index in [0.717, 1.165) is 8.26 Å². The van der Waals surface area contributed by atoms with Crippen molar-refractivity contribution in [2.45, 2.75) is 5.38 Å². The summed E-state index contributed by atoms with van der Waals surface area (Å²) >= 11 is 17.1. The number of thiophene rings is 2. The van der Waals surface area contributed by atoms with E-state index in [9.17, 15) is 0 Å². The number of halogens is 3. The Kier molecular flexibility index (Phi) is 3.83. The van der Waals surface area contributed by atoms with E-state index in [4.69, 9.17) is 11.6 Å². The minimum Gasteiger partial charge on any atom is -0.142 e. The Balaban J connectivity index is 2.12. The van der Waals surface area contributed by atoms with E-state index in [2.05, 4.69) is 61.5 Å². The standard InChI is InChI=1S/C13H7Br2ClS2/c14-9-3-1-2-7-8(6-17-13(7)9)12(16)10-4-5-11(15)18-10/h1-6,12H. The number of rotatable bonds is 2. The molecule has 0 aliphatic rings. The van der Waals surface area contributed by atoms with Gasteiger partial charge in [0, 0.05) is 14.0 Å². The smallest absolute Gasteiger partial charge is 0.0942 e. The van der Waals surface area contributed by atoms with Gasteiger partial charge in [-0.05, 0) is 66.4 Å². The molecule has 0 nitrogen and oxygen atoms in total. The Morgan fingerprint density at radius 3 is 2.67 bits per heavy atom. The van der Waals surface area contributed by atoms with Crippen LogP contribution in [-0.2, 0) is 0 Å². The molecule has 92 valence electrons. The Labute approximate surface area is 135 Å². The molecule has 0 saturated carbocycles. The zero-order valence-corrected chi connectivity index (χ0v) is 14.6. The second kappa shape index (κ2) is 5.25. The van der Waals surface area contributed by atoms with E-state index in [-0.39, 0.29) is 5.38 Å². The van der Waals surface area contributed by atoms with Crippen LogP contribution in [-0.4, -0.2) is 0 Å². The van der Waals surface area contributed by atoms with E-state index < -0.39 is 0 Å². The molecule has 0 aliphatic carbocycles. The van der Waals surface area contributed by atoms with E-state index in [1.54, 1.807) is 22.7 Å². The first kappa shape index (κ1) is 13.1. The number of fused-ring (bicyclic) bond motifs is 1. The topological polar surface area (TPSA) is 0 Å². The maximum absolute atomic E-state index is 6.60. The zero-order valence-electron chi connectivity index (χ0n) is 8.99. The summed E-state index contributed by atoms with van der Waals surface area (Å²) in [6, 6.07) is 10.4. The molecule has 0 fully saturated rings. The van der Waals surface area contributed by atoms with Gasteiger partial charge in [-0.15, -0.1) is 34.3 Å². The maximum Gasteiger partial charge on any atom is 0.0942 e. The van der Waals surface area contributed by atoms with Gasteiger partial charge in [0.25, 0.3) is 0 Å². The molecule has 5 heteroatoms. The van der Waals surface area contributed by atoms with Crippen LogP contribution in [0, 0.1) is 0 Å². The lowest BCUT2D eigenvalue weighted by Crippen LogP contribution is -1.87. The van der Waals surface area contributed by atoms with E-state index in [1.165, 1.54) is 20.5 Å². The van der Waals surface area contributed by atoms with Crippen LogP contribution in [0.5, 0.6) is 0 Å². The lowest BCUT2D eigenvalue weighted by molar-refractivity contribution is 1.22. The molecule has 0 aliphatic heterocycles. The second-order valence-corrected chi connectivity index (χ2v) is 8.48. The van der Waals surface area contributed by atoms with Crippen molar-refractivity contribution < 1.29 is 0 Å². The minimum atomic E-state index is -0.0793. The average Bonchev–Trinajstić information content (AvgIpc) is 2.95. The highest BCUT2D eigenvalue weighted by atomic mass is 79.9. The summed E-state index contributed by atoms with van der Waals surface area (Å²) in [5, 5.41) is 3.31. The van der Waals surface area contributed by atoms with Crippen LogP contribution in [0.4, 0.5) is 0 Å². The van der Waals surface area contributed by atoms with Crippen LogP contribution in [0.2, 0.25) is 0 Å². The molecule has 1 unspecified atom stereocenters. The third-order valence-corrected chi connectivity index (χ3v) is 6.96. The predicted octanol–water partition coefficient (Wildman–Crippen LogP) is 6.82. The molecular weight excluding hydrogens is 416 g/mol. The summed E-state index contributed by atoms with van der Waals surface area (Å²) in [4.78, 5) is 1.17. The third kappa shape index (κ3) is 2.29. The molecule has 2 aromatic heterocycles. The second-order valence-electron chi connectivity index (χ2n) is 3.81. The van der Waals surface area contributed by atoms with Crippen molar-refractivity contribution in [2.75, 3.05) is 0 Å². The molecule has 1 atom stereocenters. The first-order valence-electron chi connectivity index (χ1n) is 5.21. The summed E-state index contributed by atoms with van der Waals surface area (Å²) < 4.78 is 3.50. The van der Waals surface area contributed by atoms with Gasteiger partial charge in [-0.1, -0.05) is 12.1 Å². The number of hydrogen-bond donors (Lipinski definition) is 0. The van der Waals surface area contributed by atoms with Crippen molar-refractivity contribution in [3.8, 4) is 0 Å². The van der Waals surface area contributed by atoms with E-state index in [1.807, 2.05) is 6.07 Å². The first-order valence-corrected chi connectivity index (χ1v) is 8.93. The van der Waals surface area contributed by atoms with E-state index >= 15 is 0 Å². The van der Waals surface area contributed by atoms with Crippen LogP contribution in [0.25, 0.3) is 10.1 Å². The first-order chi connectivity index (χ1) is 8.66. The molecule has 0 radical (unpaired) electrons. The Hall–Kier alpha value is 0.130. The Bertz CT molecular complexity index is 702. The van der Waals surface area contributed by atoms with Crippen LogP contribution < -0.4 is 0 Å². The van der Waals surface area contributed by atoms with Crippen molar-refractivity contribution in [3.05, 3.63) is 54.4 Å². The van der Waals surface area contributed by atoms with Crippen LogP contribution in [0.15, 0.2) is 44.0 Å². The van der Waals surface area contributed by atoms with Crippen molar-refractivity contribution in [1.29, 1.82) is 0 Å². The fourth-order valence-corrected chi connectivity index (χ4v) is 5.39. The van der Waals surface area contributed by atoms with Gasteiger partial charge >= 0.3 is 0 Å². The van der Waals surface area contributed by atoms with Crippen molar-refractivity contribution in [1.82, 2.24) is 0 Å². The van der Waals surface area contributed by atoms with Gasteiger partial charge < -0.3 is 0 Å². The monoisotopic (exact) mass is 420 g/mol. The van der Waals surface area contributed by atoms with Crippen LogP contribution in [0.1, 0.15) is 15.8 Å². The molecular formula is C13H7Br2ClS2. The zero-order chi connectivity index (χ0) is 12.7. The van der Waals surface area contributed by atoms with Crippen molar-refractivity contribution in [2.24, 2.45) is 0 Å². The van der Waals surface area contributed by atoms with E-state index in [0.29, 0.717) is 0 Å². The number of alkyl halides is 1. The Morgan fingerprint density at radius 2 is 1.94 bits per heavy atom. The average molecular weight is 423 g/mol. The summed E-state index contributed by atoms with van der Waals surface area (Å²) in [5.74, 6) is 0. The molecule has 0 spiro atoms. The highest BCUT2D eigenvalue weighted by Gasteiger charge is 2.17. The summed E-state index contributed by atoms with van der Waals surface area (Å²) in [6.07, 6.45) is 0. The molecule has 0 bridgehead atoms. The largest absolute Gasteiger partial charge is 0.142 e. The maximum atomic E-state index is 6.60. The summed E-state index contributed by atoms with van der Waals surface area (Å²) in [6.45, 7) is 0. The lowest BCUT2D eigenvalue weighted by Gasteiger charge is -2.06.